The van der Waals surface area contributed by atoms with Crippen molar-refractivity contribution < 1.29 is 63.1 Å². The van der Waals surface area contributed by atoms with Gasteiger partial charge in [0.1, 0.15) is 31.0 Å². The quantitative estimate of drug-likeness (QED) is 0.0145. The van der Waals surface area contributed by atoms with Crippen molar-refractivity contribution in [3.63, 3.8) is 0 Å². The third kappa shape index (κ3) is 42.9. The first kappa shape index (κ1) is 65.3. The van der Waals surface area contributed by atoms with E-state index in [0.29, 0.717) is 12.8 Å². The summed E-state index contributed by atoms with van der Waals surface area (Å²) >= 11 is 0. The maximum Gasteiger partial charge on any atom is 0.472 e. The van der Waals surface area contributed by atoms with Gasteiger partial charge in [-0.3, -0.25) is 18.6 Å². The number of allylic oxidation sites excluding steroid dienone is 4. The number of ether oxygens (including phenoxy) is 2. The third-order valence-corrected chi connectivity index (χ3v) is 13.2. The molecule has 0 amide bonds. The summed E-state index contributed by atoms with van der Waals surface area (Å²) in [6.07, 6.45) is 40.9. The summed E-state index contributed by atoms with van der Waals surface area (Å²) < 4.78 is 33.5. The smallest absolute Gasteiger partial charge is 0.462 e. The van der Waals surface area contributed by atoms with E-state index in [-0.39, 0.29) is 12.8 Å². The van der Waals surface area contributed by atoms with Crippen molar-refractivity contribution in [2.75, 3.05) is 26.4 Å². The Morgan fingerprint density at radius 3 is 1.24 bits per heavy atom. The molecule has 0 aliphatic rings. The molecule has 14 heteroatoms. The number of carbonyl (C=O) groups excluding carboxylic acids is 2. The van der Waals surface area contributed by atoms with Crippen LogP contribution in [0.2, 0.25) is 0 Å². The van der Waals surface area contributed by atoms with Crippen molar-refractivity contribution in [1.82, 2.24) is 0 Å². The average molecular weight is 977 g/mol. The summed E-state index contributed by atoms with van der Waals surface area (Å²) in [4.78, 5) is 35.7. The summed E-state index contributed by atoms with van der Waals surface area (Å²) in [5.74, 6) is -1.10. The maximum atomic E-state index is 12.8. The zero-order valence-corrected chi connectivity index (χ0v) is 43.4. The average Bonchev–Trinajstić information content (AvgIpc) is 3.32. The summed E-state index contributed by atoms with van der Waals surface area (Å²) in [7, 11) is -5.06. The molecule has 396 valence electrons. The third-order valence-electron chi connectivity index (χ3n) is 12.2. The number of carbonyl (C=O) groups is 2. The fourth-order valence-corrected chi connectivity index (χ4v) is 8.80. The van der Waals surface area contributed by atoms with Gasteiger partial charge in [-0.1, -0.05) is 192 Å². The number of rotatable bonds is 51. The van der Waals surface area contributed by atoms with Crippen molar-refractivity contribution in [2.24, 2.45) is 0 Å². The largest absolute Gasteiger partial charge is 0.472 e. The molecule has 0 aromatic carbocycles. The van der Waals surface area contributed by atoms with Crippen LogP contribution in [0.25, 0.3) is 0 Å². The molecule has 0 rings (SSSR count). The van der Waals surface area contributed by atoms with Crippen molar-refractivity contribution in [3.8, 4) is 0 Å². The van der Waals surface area contributed by atoms with Crippen LogP contribution in [0.3, 0.4) is 0 Å². The second-order valence-corrected chi connectivity index (χ2v) is 20.0. The molecule has 0 aliphatic heterocycles. The Balaban J connectivity index is 4.54. The molecule has 13 nitrogen and oxygen atoms in total. The van der Waals surface area contributed by atoms with E-state index < -0.39 is 76.7 Å². The Morgan fingerprint density at radius 2 is 0.836 bits per heavy atom. The van der Waals surface area contributed by atoms with Gasteiger partial charge in [0.2, 0.25) is 0 Å². The van der Waals surface area contributed by atoms with Crippen molar-refractivity contribution in [1.29, 1.82) is 0 Å². The van der Waals surface area contributed by atoms with Crippen LogP contribution in [0.4, 0.5) is 0 Å². The summed E-state index contributed by atoms with van der Waals surface area (Å²) in [5, 5.41) is 48.5. The zero-order valence-electron chi connectivity index (χ0n) is 42.5. The number of aliphatic hydroxyl groups excluding tert-OH is 5. The molecule has 0 fully saturated rings. The van der Waals surface area contributed by atoms with E-state index in [1.165, 1.54) is 167 Å². The lowest BCUT2D eigenvalue weighted by atomic mass is 10.0. The van der Waals surface area contributed by atoms with E-state index in [1.807, 2.05) is 0 Å². The van der Waals surface area contributed by atoms with E-state index in [0.717, 1.165) is 38.5 Å². The monoisotopic (exact) mass is 977 g/mol. The van der Waals surface area contributed by atoms with Crippen molar-refractivity contribution in [3.05, 3.63) is 24.3 Å². The Morgan fingerprint density at radius 1 is 0.478 bits per heavy atom. The highest BCUT2D eigenvalue weighted by Gasteiger charge is 2.37. The van der Waals surface area contributed by atoms with E-state index >= 15 is 0 Å². The Kier molecular flexibility index (Phi) is 46.8. The normalized spacial score (nSPS) is 15.2. The highest BCUT2D eigenvalue weighted by molar-refractivity contribution is 7.47. The van der Waals surface area contributed by atoms with Crippen LogP contribution in [-0.2, 0) is 32.7 Å². The van der Waals surface area contributed by atoms with E-state index in [2.05, 4.69) is 38.2 Å². The van der Waals surface area contributed by atoms with Gasteiger partial charge in [-0.25, -0.2) is 4.57 Å². The van der Waals surface area contributed by atoms with Gasteiger partial charge in [-0.2, -0.15) is 0 Å². The number of hydrogen-bond donors (Lipinski definition) is 6. The van der Waals surface area contributed by atoms with Gasteiger partial charge in [0.25, 0.3) is 0 Å². The van der Waals surface area contributed by atoms with Gasteiger partial charge >= 0.3 is 19.8 Å². The fraction of sp³-hybridized carbons (Fsp3) is 0.887. The number of unbranched alkanes of at least 4 members (excludes halogenated alkanes) is 30. The van der Waals surface area contributed by atoms with Gasteiger partial charge in [-0.15, -0.1) is 0 Å². The molecule has 6 N–H and O–H groups in total. The molecular formula is C53H101O13P. The van der Waals surface area contributed by atoms with Crippen LogP contribution in [0.1, 0.15) is 245 Å². The maximum absolute atomic E-state index is 12.8. The number of esters is 2. The Hall–Kier alpha value is -1.67. The van der Waals surface area contributed by atoms with Crippen LogP contribution in [0.5, 0.6) is 0 Å². The SMILES string of the molecule is CCCCCCC/C=C\CCCCCCCCCC/C=C\CCCCC(=O)OC[C@H](COP(=O)(O)O[C@H](CO)[C@@H](O)[C@H](O)[C@H](O)CO)OC(=O)CCCCCCCCCCCCCCCCC. The molecule has 1 unspecified atom stereocenters. The lowest BCUT2D eigenvalue weighted by Gasteiger charge is -2.28. The predicted molar refractivity (Wildman–Crippen MR) is 270 cm³/mol. The van der Waals surface area contributed by atoms with Crippen LogP contribution in [-0.4, -0.2) is 99.3 Å². The fourth-order valence-electron chi connectivity index (χ4n) is 7.85. The van der Waals surface area contributed by atoms with Crippen molar-refractivity contribution >= 4 is 19.8 Å². The molecule has 0 heterocycles. The zero-order chi connectivity index (χ0) is 49.5. The molecule has 0 aromatic rings. The highest BCUT2D eigenvalue weighted by Crippen LogP contribution is 2.45. The minimum Gasteiger partial charge on any atom is -0.462 e. The number of phosphoric acid groups is 1. The van der Waals surface area contributed by atoms with Gasteiger partial charge in [0.15, 0.2) is 6.10 Å². The minimum absolute atomic E-state index is 0.102. The second kappa shape index (κ2) is 48.0. The molecule has 0 saturated heterocycles. The standard InChI is InChI=1S/C53H101O13P/c1-3-5-7-9-11-13-15-17-19-20-21-22-23-24-25-26-28-29-31-33-35-37-39-41-50(57)63-45-47(46-64-67(61,62)66-49(44-55)53(60)52(59)48(56)43-54)65-51(58)42-40-38-36-34-32-30-27-18-16-14-12-10-8-6-4-2/h15,17,31,33,47-49,52-56,59-60H,3-14,16,18-30,32,34-46H2,1-2H3,(H,61,62)/b17-15-,33-31-/t47-,48-,49-,52-,53-/m1/s1. The number of hydrogen-bond acceptors (Lipinski definition) is 12. The van der Waals surface area contributed by atoms with Gasteiger partial charge in [-0.05, 0) is 64.2 Å². The Bertz CT molecular complexity index is 1220. The van der Waals surface area contributed by atoms with Gasteiger partial charge in [0, 0.05) is 12.8 Å². The van der Waals surface area contributed by atoms with Crippen LogP contribution in [0.15, 0.2) is 24.3 Å². The molecule has 67 heavy (non-hydrogen) atoms. The summed E-state index contributed by atoms with van der Waals surface area (Å²) in [6.45, 7) is 1.37. The van der Waals surface area contributed by atoms with Gasteiger partial charge in [0.05, 0.1) is 19.8 Å². The molecule has 6 atom stereocenters. The first-order valence-electron chi connectivity index (χ1n) is 27.1. The van der Waals surface area contributed by atoms with Gasteiger partial charge < -0.3 is 39.9 Å². The van der Waals surface area contributed by atoms with E-state index in [9.17, 15) is 39.5 Å². The molecule has 0 bridgehead atoms. The molecule has 0 aromatic heterocycles. The molecule has 0 spiro atoms. The lowest BCUT2D eigenvalue weighted by Crippen LogP contribution is -2.47. The lowest BCUT2D eigenvalue weighted by molar-refractivity contribution is -0.161. The second-order valence-electron chi connectivity index (χ2n) is 18.6. The molecular weight excluding hydrogens is 876 g/mol. The summed E-state index contributed by atoms with van der Waals surface area (Å²) in [6, 6.07) is 0. The summed E-state index contributed by atoms with van der Waals surface area (Å²) in [5.41, 5.74) is 0. The van der Waals surface area contributed by atoms with Crippen molar-refractivity contribution in [2.45, 2.75) is 276 Å². The molecule has 0 radical (unpaired) electrons. The van der Waals surface area contributed by atoms with Crippen LogP contribution in [0, 0.1) is 0 Å². The molecule has 0 aliphatic carbocycles. The first-order chi connectivity index (χ1) is 32.5. The Labute approximate surface area is 407 Å². The predicted octanol–water partition coefficient (Wildman–Crippen LogP) is 12.2. The topological polar surface area (TPSA) is 210 Å². The highest BCUT2D eigenvalue weighted by atomic mass is 31.2. The van der Waals surface area contributed by atoms with E-state index in [4.69, 9.17) is 23.6 Å². The van der Waals surface area contributed by atoms with Crippen LogP contribution >= 0.6 is 7.82 Å². The molecule has 0 saturated carbocycles. The minimum atomic E-state index is -5.06. The van der Waals surface area contributed by atoms with E-state index in [1.54, 1.807) is 0 Å². The van der Waals surface area contributed by atoms with Crippen LogP contribution < -0.4 is 0 Å². The number of phosphoric ester groups is 1. The number of aliphatic hydroxyl groups is 5. The first-order valence-corrected chi connectivity index (χ1v) is 28.6.